The summed E-state index contributed by atoms with van der Waals surface area (Å²) in [6.07, 6.45) is 70.8. The Bertz CT molecular complexity index is 1360. The molecule has 368 valence electrons. The van der Waals surface area contributed by atoms with Crippen LogP contribution in [0.25, 0.3) is 0 Å². The maximum Gasteiger partial charge on any atom is 0.306 e. The number of hydrogen-bond donors (Lipinski definition) is 0. The summed E-state index contributed by atoms with van der Waals surface area (Å²) in [4.78, 5) is 38.0. The number of unbranched alkanes of at least 4 members (excludes halogenated alkanes) is 18. The van der Waals surface area contributed by atoms with Crippen LogP contribution in [0, 0.1) is 0 Å². The molecule has 0 bridgehead atoms. The molecule has 0 aliphatic carbocycles. The zero-order valence-corrected chi connectivity index (χ0v) is 42.0. The first kappa shape index (κ1) is 61.1. The summed E-state index contributed by atoms with van der Waals surface area (Å²) >= 11 is 0. The van der Waals surface area contributed by atoms with E-state index in [0.29, 0.717) is 19.3 Å². The molecule has 65 heavy (non-hydrogen) atoms. The summed E-state index contributed by atoms with van der Waals surface area (Å²) in [5, 5.41) is 0. The molecule has 0 aliphatic rings. The highest BCUT2D eigenvalue weighted by Crippen LogP contribution is 2.12. The monoisotopic (exact) mass is 901 g/mol. The Hall–Kier alpha value is -3.93. The van der Waals surface area contributed by atoms with Gasteiger partial charge in [0.05, 0.1) is 0 Å². The molecule has 6 heteroatoms. The minimum atomic E-state index is -0.822. The van der Waals surface area contributed by atoms with Crippen LogP contribution in [0.3, 0.4) is 0 Å². The zero-order valence-electron chi connectivity index (χ0n) is 42.0. The van der Waals surface area contributed by atoms with Gasteiger partial charge in [0.2, 0.25) is 0 Å². The third kappa shape index (κ3) is 50.9. The number of rotatable bonds is 46. The van der Waals surface area contributed by atoms with Crippen molar-refractivity contribution in [3.63, 3.8) is 0 Å². The maximum absolute atomic E-state index is 12.8. The molecule has 0 saturated heterocycles. The van der Waals surface area contributed by atoms with E-state index in [1.165, 1.54) is 70.6 Å². The first-order valence-electron chi connectivity index (χ1n) is 26.4. The molecule has 0 rings (SSSR count). The molecule has 0 N–H and O–H groups in total. The van der Waals surface area contributed by atoms with E-state index in [1.807, 2.05) is 6.08 Å². The molecule has 0 heterocycles. The summed E-state index contributed by atoms with van der Waals surface area (Å²) in [6.45, 7) is 6.38. The van der Waals surface area contributed by atoms with E-state index in [-0.39, 0.29) is 37.5 Å². The predicted octanol–water partition coefficient (Wildman–Crippen LogP) is 17.5. The Morgan fingerprint density at radius 2 is 0.677 bits per heavy atom. The maximum atomic E-state index is 12.8. The lowest BCUT2D eigenvalue weighted by Gasteiger charge is -2.18. The lowest BCUT2D eigenvalue weighted by molar-refractivity contribution is -0.166. The molecule has 6 nitrogen and oxygen atoms in total. The van der Waals surface area contributed by atoms with Crippen molar-refractivity contribution >= 4 is 17.9 Å². The Morgan fingerprint density at radius 1 is 0.338 bits per heavy atom. The Labute approximate surface area is 400 Å². The number of ether oxygens (including phenoxy) is 3. The van der Waals surface area contributed by atoms with E-state index >= 15 is 0 Å². The van der Waals surface area contributed by atoms with Gasteiger partial charge in [-0.15, -0.1) is 0 Å². The van der Waals surface area contributed by atoms with Crippen molar-refractivity contribution in [2.75, 3.05) is 13.2 Å². The number of carbonyl (C=O) groups excluding carboxylic acids is 3. The van der Waals surface area contributed by atoms with E-state index in [2.05, 4.69) is 124 Å². The van der Waals surface area contributed by atoms with Crippen LogP contribution in [-0.4, -0.2) is 37.2 Å². The first-order valence-corrected chi connectivity index (χ1v) is 26.4. The number of carbonyl (C=O) groups is 3. The van der Waals surface area contributed by atoms with Gasteiger partial charge in [-0.1, -0.05) is 207 Å². The molecule has 0 radical (unpaired) electrons. The molecule has 0 spiro atoms. The van der Waals surface area contributed by atoms with Crippen LogP contribution in [0.5, 0.6) is 0 Å². The van der Waals surface area contributed by atoms with Gasteiger partial charge >= 0.3 is 17.9 Å². The zero-order chi connectivity index (χ0) is 47.2. The van der Waals surface area contributed by atoms with Crippen LogP contribution in [0.4, 0.5) is 0 Å². The minimum absolute atomic E-state index is 0.119. The van der Waals surface area contributed by atoms with Gasteiger partial charge in [-0.05, 0) is 109 Å². The minimum Gasteiger partial charge on any atom is -0.462 e. The smallest absolute Gasteiger partial charge is 0.306 e. The lowest BCUT2D eigenvalue weighted by atomic mass is 10.1. The Morgan fingerprint density at radius 3 is 1.17 bits per heavy atom. The quantitative estimate of drug-likeness (QED) is 0.0199. The van der Waals surface area contributed by atoms with Gasteiger partial charge < -0.3 is 14.2 Å². The number of esters is 3. The molecule has 0 aromatic heterocycles. The van der Waals surface area contributed by atoms with Gasteiger partial charge in [0, 0.05) is 19.3 Å². The van der Waals surface area contributed by atoms with Gasteiger partial charge in [-0.3, -0.25) is 14.4 Å². The van der Waals surface area contributed by atoms with Gasteiger partial charge in [-0.2, -0.15) is 0 Å². The second-order valence-corrected chi connectivity index (χ2v) is 17.1. The summed E-state index contributed by atoms with van der Waals surface area (Å²) in [5.74, 6) is -1.03. The van der Waals surface area contributed by atoms with Crippen molar-refractivity contribution in [2.24, 2.45) is 0 Å². The van der Waals surface area contributed by atoms with Gasteiger partial charge in [0.1, 0.15) is 13.2 Å². The highest BCUT2D eigenvalue weighted by atomic mass is 16.6. The molecule has 1 atom stereocenters. The Balaban J connectivity index is 4.53. The standard InChI is InChI=1S/C59H96O6/c1-4-7-10-13-16-19-22-25-27-28-29-30-32-34-37-40-43-46-49-52-58(61)64-55-56(54-63-57(60)51-48-45-42-39-36-33-24-21-18-15-12-9-6-3)65-59(62)53-50-47-44-41-38-35-31-26-23-20-17-14-11-8-5-2/h7,10,16-17,19-20,23,25-27,29-30,33-34,36-37,42,45,56H,4-6,8-9,11-15,18,21-22,24,28,31-32,35,38-41,43-44,46-55H2,1-3H3/b10-7-,19-16-,20-17-,26-23-,27-25-,30-29-,36-33-,37-34-,45-42-. The lowest BCUT2D eigenvalue weighted by Crippen LogP contribution is -2.30. The summed E-state index contributed by atoms with van der Waals surface area (Å²) in [7, 11) is 0. The molecule has 0 saturated carbocycles. The molecular formula is C59H96O6. The molecular weight excluding hydrogens is 805 g/mol. The highest BCUT2D eigenvalue weighted by Gasteiger charge is 2.19. The normalized spacial score (nSPS) is 13.0. The van der Waals surface area contributed by atoms with Crippen molar-refractivity contribution in [1.29, 1.82) is 0 Å². The van der Waals surface area contributed by atoms with Crippen molar-refractivity contribution in [1.82, 2.24) is 0 Å². The van der Waals surface area contributed by atoms with Crippen LogP contribution in [-0.2, 0) is 28.6 Å². The van der Waals surface area contributed by atoms with E-state index in [4.69, 9.17) is 14.2 Å². The van der Waals surface area contributed by atoms with Gasteiger partial charge in [0.15, 0.2) is 6.10 Å². The molecule has 0 fully saturated rings. The van der Waals surface area contributed by atoms with Crippen LogP contribution >= 0.6 is 0 Å². The topological polar surface area (TPSA) is 78.9 Å². The highest BCUT2D eigenvalue weighted by molar-refractivity contribution is 5.71. The molecule has 0 aromatic rings. The van der Waals surface area contributed by atoms with Crippen molar-refractivity contribution in [3.05, 3.63) is 109 Å². The van der Waals surface area contributed by atoms with Crippen LogP contribution < -0.4 is 0 Å². The van der Waals surface area contributed by atoms with Crippen LogP contribution in [0.2, 0.25) is 0 Å². The summed E-state index contributed by atoms with van der Waals surface area (Å²) < 4.78 is 16.7. The third-order valence-corrected chi connectivity index (χ3v) is 10.8. The van der Waals surface area contributed by atoms with Gasteiger partial charge in [-0.25, -0.2) is 0 Å². The average Bonchev–Trinajstić information content (AvgIpc) is 3.30. The van der Waals surface area contributed by atoms with E-state index in [0.717, 1.165) is 109 Å². The number of allylic oxidation sites excluding steroid dienone is 18. The van der Waals surface area contributed by atoms with Gasteiger partial charge in [0.25, 0.3) is 0 Å². The second kappa shape index (κ2) is 52.7. The molecule has 0 aromatic carbocycles. The first-order chi connectivity index (χ1) is 32.0. The fraction of sp³-hybridized carbons (Fsp3) is 0.644. The summed E-state index contributed by atoms with van der Waals surface area (Å²) in [6, 6.07) is 0. The van der Waals surface area contributed by atoms with Crippen LogP contribution in [0.1, 0.15) is 226 Å². The number of hydrogen-bond acceptors (Lipinski definition) is 6. The third-order valence-electron chi connectivity index (χ3n) is 10.8. The van der Waals surface area contributed by atoms with E-state index < -0.39 is 6.10 Å². The largest absolute Gasteiger partial charge is 0.462 e. The van der Waals surface area contributed by atoms with Crippen molar-refractivity contribution < 1.29 is 28.6 Å². The van der Waals surface area contributed by atoms with Crippen LogP contribution in [0.15, 0.2) is 109 Å². The fourth-order valence-electron chi connectivity index (χ4n) is 6.80. The predicted molar refractivity (Wildman–Crippen MR) is 279 cm³/mol. The SMILES string of the molecule is CC/C=C\C/C=C\C/C=C\C/C=C\C/C=C\CCCCCC(=O)OCC(COC(=O)CC/C=C\C/C=C\CCCCCCCC)OC(=O)CCCCCCCC/C=C\C=C/CCCCC. The van der Waals surface area contributed by atoms with E-state index in [1.54, 1.807) is 0 Å². The molecule has 0 aliphatic heterocycles. The average molecular weight is 901 g/mol. The second-order valence-electron chi connectivity index (χ2n) is 17.1. The fourth-order valence-corrected chi connectivity index (χ4v) is 6.80. The summed E-state index contributed by atoms with van der Waals surface area (Å²) in [5.41, 5.74) is 0. The Kier molecular flexibility index (Phi) is 49.5. The molecule has 0 amide bonds. The van der Waals surface area contributed by atoms with Crippen molar-refractivity contribution in [2.45, 2.75) is 232 Å². The van der Waals surface area contributed by atoms with E-state index in [9.17, 15) is 14.4 Å². The molecule has 1 unspecified atom stereocenters. The van der Waals surface area contributed by atoms with Crippen molar-refractivity contribution in [3.8, 4) is 0 Å².